The third-order valence-corrected chi connectivity index (χ3v) is 4.20. The molecule has 0 fully saturated rings. The highest BCUT2D eigenvalue weighted by Crippen LogP contribution is 2.30. The van der Waals surface area contributed by atoms with Gasteiger partial charge in [0, 0.05) is 30.5 Å². The monoisotopic (exact) mass is 350 g/mol. The molecule has 0 amide bonds. The Bertz CT molecular complexity index is 910. The van der Waals surface area contributed by atoms with Gasteiger partial charge in [0.1, 0.15) is 5.56 Å². The van der Waals surface area contributed by atoms with Crippen LogP contribution < -0.4 is 5.32 Å². The third kappa shape index (κ3) is 3.97. The fraction of sp³-hybridized carbons (Fsp3) is 0.250. The summed E-state index contributed by atoms with van der Waals surface area (Å²) in [4.78, 5) is 22.1. The van der Waals surface area contributed by atoms with Crippen molar-refractivity contribution in [2.24, 2.45) is 0 Å². The summed E-state index contributed by atoms with van der Waals surface area (Å²) in [7, 11) is 4.04. The van der Waals surface area contributed by atoms with Gasteiger partial charge in [0.25, 0.3) is 0 Å². The van der Waals surface area contributed by atoms with Crippen molar-refractivity contribution in [3.8, 4) is 11.1 Å². The molecule has 0 aliphatic heterocycles. The summed E-state index contributed by atoms with van der Waals surface area (Å²) in [5.74, 6) is -0.983. The molecule has 2 heterocycles. The second-order valence-corrected chi connectivity index (χ2v) is 6.40. The number of benzene rings is 1. The molecule has 0 saturated carbocycles. The van der Waals surface area contributed by atoms with Gasteiger partial charge in [-0.2, -0.15) is 0 Å². The van der Waals surface area contributed by atoms with E-state index in [4.69, 9.17) is 0 Å². The molecule has 0 radical (unpaired) electrons. The Labute approximate surface area is 152 Å². The second kappa shape index (κ2) is 7.93. The van der Waals surface area contributed by atoms with E-state index in [9.17, 15) is 9.90 Å². The Morgan fingerprint density at radius 3 is 2.62 bits per heavy atom. The van der Waals surface area contributed by atoms with Crippen LogP contribution in [0.5, 0.6) is 0 Å². The average molecular weight is 350 g/mol. The van der Waals surface area contributed by atoms with E-state index in [0.717, 1.165) is 35.0 Å². The van der Waals surface area contributed by atoms with Crippen LogP contribution in [0.4, 0.5) is 5.69 Å². The minimum atomic E-state index is -0.983. The zero-order chi connectivity index (χ0) is 18.5. The van der Waals surface area contributed by atoms with E-state index in [0.29, 0.717) is 12.2 Å². The van der Waals surface area contributed by atoms with Crippen LogP contribution in [0.1, 0.15) is 16.8 Å². The fourth-order valence-electron chi connectivity index (χ4n) is 2.88. The maximum atomic E-state index is 11.7. The van der Waals surface area contributed by atoms with E-state index in [1.165, 1.54) is 6.20 Å². The van der Waals surface area contributed by atoms with Crippen LogP contribution in [0.15, 0.2) is 48.9 Å². The van der Waals surface area contributed by atoms with Gasteiger partial charge < -0.3 is 15.3 Å². The Morgan fingerprint density at radius 2 is 1.92 bits per heavy atom. The number of pyridine rings is 2. The van der Waals surface area contributed by atoms with Crippen LogP contribution in [-0.4, -0.2) is 53.1 Å². The first kappa shape index (κ1) is 17.8. The third-order valence-electron chi connectivity index (χ3n) is 4.20. The van der Waals surface area contributed by atoms with Crippen LogP contribution in [0.3, 0.4) is 0 Å². The minimum Gasteiger partial charge on any atom is -0.478 e. The van der Waals surface area contributed by atoms with Crippen molar-refractivity contribution >= 4 is 22.6 Å². The predicted octanol–water partition coefficient (Wildman–Crippen LogP) is 3.36. The van der Waals surface area contributed by atoms with Crippen LogP contribution in [0, 0.1) is 0 Å². The van der Waals surface area contributed by atoms with Gasteiger partial charge in [0.05, 0.1) is 11.2 Å². The van der Waals surface area contributed by atoms with Gasteiger partial charge in [0.2, 0.25) is 0 Å². The Hall–Kier alpha value is -2.99. The van der Waals surface area contributed by atoms with Crippen LogP contribution in [0.2, 0.25) is 0 Å². The molecule has 0 atom stereocenters. The number of aromatic nitrogens is 2. The summed E-state index contributed by atoms with van der Waals surface area (Å²) in [6.07, 6.45) is 5.82. The van der Waals surface area contributed by atoms with E-state index in [1.807, 2.05) is 44.4 Å². The van der Waals surface area contributed by atoms with Gasteiger partial charge in [-0.3, -0.25) is 9.97 Å². The topological polar surface area (TPSA) is 78.4 Å². The molecule has 2 aromatic heterocycles. The Morgan fingerprint density at radius 1 is 1.15 bits per heavy atom. The molecule has 6 nitrogen and oxygen atoms in total. The lowest BCUT2D eigenvalue weighted by atomic mass is 10.0. The van der Waals surface area contributed by atoms with E-state index < -0.39 is 5.97 Å². The zero-order valence-corrected chi connectivity index (χ0v) is 14.9. The van der Waals surface area contributed by atoms with Crippen molar-refractivity contribution in [3.63, 3.8) is 0 Å². The largest absolute Gasteiger partial charge is 0.478 e. The zero-order valence-electron chi connectivity index (χ0n) is 14.9. The lowest BCUT2D eigenvalue weighted by Gasteiger charge is -2.15. The summed E-state index contributed by atoms with van der Waals surface area (Å²) >= 11 is 0. The molecule has 0 aliphatic carbocycles. The van der Waals surface area contributed by atoms with Gasteiger partial charge in [-0.25, -0.2) is 4.79 Å². The molecule has 3 aromatic rings. The summed E-state index contributed by atoms with van der Waals surface area (Å²) in [5, 5.41) is 13.7. The number of carboxylic acids is 1. The molecular formula is C20H22N4O2. The maximum absolute atomic E-state index is 11.7. The normalized spacial score (nSPS) is 11.0. The highest BCUT2D eigenvalue weighted by molar-refractivity contribution is 6.05. The number of rotatable bonds is 7. The molecule has 3 rings (SSSR count). The fourth-order valence-corrected chi connectivity index (χ4v) is 2.88. The number of aromatic carboxylic acids is 1. The number of nitrogens with one attached hydrogen (secondary N) is 1. The molecule has 2 N–H and O–H groups in total. The molecule has 1 aromatic carbocycles. The molecule has 134 valence electrons. The van der Waals surface area contributed by atoms with Crippen LogP contribution in [-0.2, 0) is 0 Å². The number of fused-ring (bicyclic) bond motifs is 1. The number of nitrogens with zero attached hydrogens (tertiary/aromatic N) is 3. The predicted molar refractivity (Wildman–Crippen MR) is 104 cm³/mol. The maximum Gasteiger partial charge on any atom is 0.339 e. The van der Waals surface area contributed by atoms with Crippen molar-refractivity contribution in [1.29, 1.82) is 0 Å². The molecule has 26 heavy (non-hydrogen) atoms. The Balaban J connectivity index is 2.02. The molecule has 0 bridgehead atoms. The van der Waals surface area contributed by atoms with Crippen LogP contribution >= 0.6 is 0 Å². The molecule has 0 saturated heterocycles. The number of hydrogen-bond acceptors (Lipinski definition) is 5. The lowest BCUT2D eigenvalue weighted by molar-refractivity contribution is 0.0697. The smallest absolute Gasteiger partial charge is 0.339 e. The lowest BCUT2D eigenvalue weighted by Crippen LogP contribution is -2.17. The summed E-state index contributed by atoms with van der Waals surface area (Å²) in [5.41, 5.74) is 3.61. The Kier molecular flexibility index (Phi) is 5.43. The first-order valence-corrected chi connectivity index (χ1v) is 8.51. The molecule has 0 aliphatic rings. The number of carbonyl (C=O) groups is 1. The van der Waals surface area contributed by atoms with Crippen molar-refractivity contribution < 1.29 is 9.90 Å². The van der Waals surface area contributed by atoms with E-state index in [-0.39, 0.29) is 5.56 Å². The summed E-state index contributed by atoms with van der Waals surface area (Å²) in [6.45, 7) is 1.62. The summed E-state index contributed by atoms with van der Waals surface area (Å²) < 4.78 is 0. The van der Waals surface area contributed by atoms with Crippen molar-refractivity contribution in [3.05, 3.63) is 54.5 Å². The van der Waals surface area contributed by atoms with Gasteiger partial charge in [-0.1, -0.05) is 6.07 Å². The molecule has 6 heteroatoms. The number of carboxylic acid groups (broad SMARTS) is 1. The average Bonchev–Trinajstić information content (AvgIpc) is 2.65. The van der Waals surface area contributed by atoms with Crippen molar-refractivity contribution in [1.82, 2.24) is 14.9 Å². The van der Waals surface area contributed by atoms with Crippen molar-refractivity contribution in [2.75, 3.05) is 32.5 Å². The first-order chi connectivity index (χ1) is 12.6. The number of anilines is 1. The van der Waals surface area contributed by atoms with E-state index >= 15 is 0 Å². The van der Waals surface area contributed by atoms with Crippen molar-refractivity contribution in [2.45, 2.75) is 6.42 Å². The molecule has 0 unspecified atom stereocenters. The highest BCUT2D eigenvalue weighted by atomic mass is 16.4. The first-order valence-electron chi connectivity index (χ1n) is 8.51. The second-order valence-electron chi connectivity index (χ2n) is 6.40. The minimum absolute atomic E-state index is 0.189. The van der Waals surface area contributed by atoms with Gasteiger partial charge in [0.15, 0.2) is 0 Å². The van der Waals surface area contributed by atoms with E-state index in [1.54, 1.807) is 12.4 Å². The van der Waals surface area contributed by atoms with Crippen LogP contribution in [0.25, 0.3) is 22.0 Å². The van der Waals surface area contributed by atoms with Gasteiger partial charge in [-0.15, -0.1) is 0 Å². The van der Waals surface area contributed by atoms with Gasteiger partial charge >= 0.3 is 5.97 Å². The molecular weight excluding hydrogens is 328 g/mol. The summed E-state index contributed by atoms with van der Waals surface area (Å²) in [6, 6.07) is 9.75. The highest BCUT2D eigenvalue weighted by Gasteiger charge is 2.15. The van der Waals surface area contributed by atoms with Gasteiger partial charge in [-0.05, 0) is 62.5 Å². The number of hydrogen-bond donors (Lipinski definition) is 2. The standard InChI is InChI=1S/C20H22N4O2/c1-24(2)11-3-8-22-19-16-12-15(14-6-9-21-10-7-14)4-5-18(16)23-13-17(19)20(25)26/h4-7,9-10,12-13H,3,8,11H2,1-2H3,(H,22,23)(H,25,26). The SMILES string of the molecule is CN(C)CCCNc1c(C(=O)O)cnc2ccc(-c3ccncc3)cc12. The molecule has 0 spiro atoms. The van der Waals surface area contributed by atoms with E-state index in [2.05, 4.69) is 20.2 Å². The quantitative estimate of drug-likeness (QED) is 0.636.